The van der Waals surface area contributed by atoms with Crippen molar-refractivity contribution in [3.63, 3.8) is 0 Å². The largest absolute Gasteiger partial charge is 0.479 e. The number of halogens is 1. The lowest BCUT2D eigenvalue weighted by molar-refractivity contribution is -0.131. The van der Waals surface area contributed by atoms with Gasteiger partial charge in [-0.2, -0.15) is 0 Å². The van der Waals surface area contributed by atoms with Gasteiger partial charge in [0.05, 0.1) is 5.02 Å². The molecule has 30 heavy (non-hydrogen) atoms. The number of fused-ring (bicyclic) bond motifs is 1. The summed E-state index contributed by atoms with van der Waals surface area (Å²) in [5.41, 5.74) is 1.60. The van der Waals surface area contributed by atoms with Gasteiger partial charge < -0.3 is 19.5 Å². The highest BCUT2D eigenvalue weighted by atomic mass is 35.5. The summed E-state index contributed by atoms with van der Waals surface area (Å²) in [5.74, 6) is 0.276. The molecule has 0 aliphatic rings. The second kappa shape index (κ2) is 9.67. The van der Waals surface area contributed by atoms with Gasteiger partial charge in [-0.05, 0) is 57.2 Å². The lowest BCUT2D eigenvalue weighted by Gasteiger charge is -2.19. The van der Waals surface area contributed by atoms with E-state index in [1.807, 2.05) is 48.9 Å². The highest BCUT2D eigenvalue weighted by Crippen LogP contribution is 2.25. The molecule has 2 amide bonds. The first kappa shape index (κ1) is 21.7. The summed E-state index contributed by atoms with van der Waals surface area (Å²) >= 11 is 6.09. The molecule has 158 valence electrons. The van der Waals surface area contributed by atoms with Crippen LogP contribution in [0.3, 0.4) is 0 Å². The Bertz CT molecular complexity index is 1040. The average molecular weight is 428 g/mol. The van der Waals surface area contributed by atoms with Crippen LogP contribution in [-0.2, 0) is 16.1 Å². The number of carbonyl (C=O) groups excluding carboxylic acids is 2. The molecule has 0 bridgehead atoms. The Morgan fingerprint density at radius 3 is 2.57 bits per heavy atom. The maximum absolute atomic E-state index is 12.5. The van der Waals surface area contributed by atoms with Gasteiger partial charge in [-0.15, -0.1) is 0 Å². The van der Waals surface area contributed by atoms with E-state index in [1.54, 1.807) is 36.1 Å². The molecule has 0 spiro atoms. The lowest BCUT2D eigenvalue weighted by atomic mass is 10.2. The number of hydrogen-bond donors (Lipinski definition) is 1. The van der Waals surface area contributed by atoms with Gasteiger partial charge >= 0.3 is 0 Å². The number of rotatable bonds is 8. The summed E-state index contributed by atoms with van der Waals surface area (Å²) in [4.78, 5) is 26.7. The first-order valence-corrected chi connectivity index (χ1v) is 10.4. The Labute approximate surface area is 181 Å². The molecular weight excluding hydrogens is 402 g/mol. The van der Waals surface area contributed by atoms with Crippen LogP contribution in [-0.4, -0.2) is 40.5 Å². The number of nitrogens with one attached hydrogen (secondary N) is 1. The van der Waals surface area contributed by atoms with Gasteiger partial charge in [0.15, 0.2) is 6.10 Å². The van der Waals surface area contributed by atoms with Crippen molar-refractivity contribution < 1.29 is 14.3 Å². The molecule has 2 aromatic carbocycles. The number of aromatic nitrogens is 1. The van der Waals surface area contributed by atoms with E-state index in [0.717, 1.165) is 10.9 Å². The molecule has 0 radical (unpaired) electrons. The second-order valence-corrected chi connectivity index (χ2v) is 7.37. The normalized spacial score (nSPS) is 11.9. The van der Waals surface area contributed by atoms with Gasteiger partial charge in [0.25, 0.3) is 5.91 Å². The molecule has 1 heterocycles. The third kappa shape index (κ3) is 4.94. The van der Waals surface area contributed by atoms with E-state index < -0.39 is 6.10 Å². The molecule has 0 fully saturated rings. The minimum Gasteiger partial charge on any atom is -0.479 e. The van der Waals surface area contributed by atoms with Crippen molar-refractivity contribution in [1.29, 1.82) is 0 Å². The lowest BCUT2D eigenvalue weighted by Crippen LogP contribution is -2.33. The fourth-order valence-electron chi connectivity index (χ4n) is 3.27. The summed E-state index contributed by atoms with van der Waals surface area (Å²) in [6, 6.07) is 14.6. The third-order valence-electron chi connectivity index (χ3n) is 4.97. The number of anilines is 1. The van der Waals surface area contributed by atoms with Crippen LogP contribution in [0.4, 0.5) is 5.69 Å². The van der Waals surface area contributed by atoms with Gasteiger partial charge in [0.1, 0.15) is 12.3 Å². The molecule has 1 N–H and O–H groups in total. The van der Waals surface area contributed by atoms with Crippen LogP contribution in [0.15, 0.2) is 54.7 Å². The number of benzene rings is 2. The van der Waals surface area contributed by atoms with Crippen molar-refractivity contribution in [2.45, 2.75) is 33.4 Å². The standard InChI is InChI=1S/C23H26ClN3O3/c1-4-26(5-2)22(28)15-27-13-12-17-14-18(10-11-20(17)27)25-23(29)16(3)30-21-9-7-6-8-19(21)24/h6-14,16H,4-5,15H2,1-3H3,(H,25,29). The number of carbonyl (C=O) groups is 2. The molecule has 0 aliphatic heterocycles. The summed E-state index contributed by atoms with van der Waals surface area (Å²) in [6.45, 7) is 7.30. The van der Waals surface area contributed by atoms with E-state index in [4.69, 9.17) is 16.3 Å². The van der Waals surface area contributed by atoms with Crippen LogP contribution < -0.4 is 10.1 Å². The Kier molecular flexibility index (Phi) is 7.00. The maximum atomic E-state index is 12.5. The van der Waals surface area contributed by atoms with Crippen molar-refractivity contribution in [1.82, 2.24) is 9.47 Å². The molecule has 7 heteroatoms. The predicted molar refractivity (Wildman–Crippen MR) is 120 cm³/mol. The Hall–Kier alpha value is -2.99. The number of hydrogen-bond acceptors (Lipinski definition) is 3. The molecule has 3 aromatic rings. The van der Waals surface area contributed by atoms with Gasteiger partial charge in [0.2, 0.25) is 5.91 Å². The van der Waals surface area contributed by atoms with Crippen LogP contribution in [0.5, 0.6) is 5.75 Å². The quantitative estimate of drug-likeness (QED) is 0.572. The monoisotopic (exact) mass is 427 g/mol. The number of para-hydroxylation sites is 1. The average Bonchev–Trinajstić information content (AvgIpc) is 3.12. The zero-order chi connectivity index (χ0) is 21.7. The number of nitrogens with zero attached hydrogens (tertiary/aromatic N) is 2. The topological polar surface area (TPSA) is 63.6 Å². The molecule has 1 atom stereocenters. The summed E-state index contributed by atoms with van der Waals surface area (Å²) in [7, 11) is 0. The smallest absolute Gasteiger partial charge is 0.265 e. The molecule has 0 saturated carbocycles. The minimum atomic E-state index is -0.711. The molecule has 1 aromatic heterocycles. The summed E-state index contributed by atoms with van der Waals surface area (Å²) in [5, 5.41) is 4.27. The molecule has 6 nitrogen and oxygen atoms in total. The first-order chi connectivity index (χ1) is 14.4. The number of amides is 2. The number of ether oxygens (including phenoxy) is 1. The zero-order valence-electron chi connectivity index (χ0n) is 17.4. The van der Waals surface area contributed by atoms with Crippen molar-refractivity contribution in [3.8, 4) is 5.75 Å². The first-order valence-electron chi connectivity index (χ1n) is 10.0. The Morgan fingerprint density at radius 1 is 1.13 bits per heavy atom. The van der Waals surface area contributed by atoms with Crippen LogP contribution >= 0.6 is 11.6 Å². The molecule has 0 aliphatic carbocycles. The van der Waals surface area contributed by atoms with Gasteiger partial charge in [-0.1, -0.05) is 23.7 Å². The van der Waals surface area contributed by atoms with Crippen LogP contribution in [0, 0.1) is 0 Å². The van der Waals surface area contributed by atoms with E-state index in [2.05, 4.69) is 5.32 Å². The van der Waals surface area contributed by atoms with Crippen molar-refractivity contribution in [2.24, 2.45) is 0 Å². The van der Waals surface area contributed by atoms with E-state index in [9.17, 15) is 9.59 Å². The van der Waals surface area contributed by atoms with Crippen molar-refractivity contribution >= 4 is 40.0 Å². The Balaban J connectivity index is 1.68. The Morgan fingerprint density at radius 2 is 1.87 bits per heavy atom. The highest BCUT2D eigenvalue weighted by molar-refractivity contribution is 6.32. The second-order valence-electron chi connectivity index (χ2n) is 6.96. The van der Waals surface area contributed by atoms with Crippen molar-refractivity contribution in [3.05, 3.63) is 59.8 Å². The third-order valence-corrected chi connectivity index (χ3v) is 5.28. The predicted octanol–water partition coefficient (Wildman–Crippen LogP) is 4.57. The fourth-order valence-corrected chi connectivity index (χ4v) is 3.45. The van der Waals surface area contributed by atoms with Gasteiger partial charge in [-0.25, -0.2) is 0 Å². The van der Waals surface area contributed by atoms with E-state index >= 15 is 0 Å². The highest BCUT2D eigenvalue weighted by Gasteiger charge is 2.17. The van der Waals surface area contributed by atoms with Crippen LogP contribution in [0.1, 0.15) is 20.8 Å². The molecule has 3 rings (SSSR count). The van der Waals surface area contributed by atoms with Gasteiger partial charge in [-0.3, -0.25) is 9.59 Å². The molecular formula is C23H26ClN3O3. The maximum Gasteiger partial charge on any atom is 0.265 e. The van der Waals surface area contributed by atoms with Crippen LogP contribution in [0.25, 0.3) is 10.9 Å². The molecule has 1 unspecified atom stereocenters. The summed E-state index contributed by atoms with van der Waals surface area (Å²) in [6.07, 6.45) is 1.18. The van der Waals surface area contributed by atoms with E-state index in [1.165, 1.54) is 0 Å². The van der Waals surface area contributed by atoms with Crippen molar-refractivity contribution in [2.75, 3.05) is 18.4 Å². The van der Waals surface area contributed by atoms with Gasteiger partial charge in [0, 0.05) is 35.9 Å². The number of likely N-dealkylation sites (N-methyl/N-ethyl adjacent to an activating group) is 1. The molecule has 0 saturated heterocycles. The van der Waals surface area contributed by atoms with E-state index in [0.29, 0.717) is 36.1 Å². The minimum absolute atomic E-state index is 0.0837. The summed E-state index contributed by atoms with van der Waals surface area (Å²) < 4.78 is 7.59. The van der Waals surface area contributed by atoms with E-state index in [-0.39, 0.29) is 11.8 Å². The SMILES string of the molecule is CCN(CC)C(=O)Cn1ccc2cc(NC(=O)C(C)Oc3ccccc3Cl)ccc21. The fraction of sp³-hybridized carbons (Fsp3) is 0.304. The zero-order valence-corrected chi connectivity index (χ0v) is 18.1. The van der Waals surface area contributed by atoms with Crippen LogP contribution in [0.2, 0.25) is 5.02 Å².